The first-order chi connectivity index (χ1) is 14.7. The summed E-state index contributed by atoms with van der Waals surface area (Å²) >= 11 is 0. The van der Waals surface area contributed by atoms with E-state index in [1.54, 1.807) is 55.5 Å². The number of aryl methyl sites for hydroxylation is 3. The van der Waals surface area contributed by atoms with Crippen LogP contribution in [0.1, 0.15) is 32.6 Å². The highest BCUT2D eigenvalue weighted by Crippen LogP contribution is 2.23. The summed E-state index contributed by atoms with van der Waals surface area (Å²) in [4.78, 5) is 12.7. The van der Waals surface area contributed by atoms with Crippen LogP contribution in [-0.2, 0) is 16.4 Å². The quantitative estimate of drug-likeness (QED) is 0.587. The minimum Gasteiger partial charge on any atom is -0.322 e. The van der Waals surface area contributed by atoms with Gasteiger partial charge in [-0.2, -0.15) is 5.26 Å². The van der Waals surface area contributed by atoms with E-state index in [2.05, 4.69) is 16.1 Å². The maximum atomic E-state index is 13.0. The number of nitrogens with zero attached hydrogens (tertiary/aromatic N) is 1. The van der Waals surface area contributed by atoms with E-state index in [4.69, 9.17) is 5.26 Å². The molecule has 3 rings (SSSR count). The number of hydrogen-bond acceptors (Lipinski definition) is 4. The largest absolute Gasteiger partial charge is 0.322 e. The normalized spacial score (nSPS) is 10.9. The third-order valence-electron chi connectivity index (χ3n) is 4.71. The van der Waals surface area contributed by atoms with Gasteiger partial charge in [0.2, 0.25) is 0 Å². The minimum atomic E-state index is -3.88. The summed E-state index contributed by atoms with van der Waals surface area (Å²) in [7, 11) is -3.88. The molecule has 0 spiro atoms. The molecule has 0 saturated carbocycles. The number of rotatable bonds is 6. The Bertz CT molecular complexity index is 1250. The maximum absolute atomic E-state index is 13.0. The highest BCUT2D eigenvalue weighted by Gasteiger charge is 2.20. The molecule has 0 radical (unpaired) electrons. The third-order valence-corrected chi connectivity index (χ3v) is 6.23. The number of benzene rings is 3. The zero-order valence-corrected chi connectivity index (χ0v) is 18.4. The van der Waals surface area contributed by atoms with Gasteiger partial charge in [0.05, 0.1) is 17.4 Å². The summed E-state index contributed by atoms with van der Waals surface area (Å²) in [6, 6.07) is 19.1. The lowest BCUT2D eigenvalue weighted by atomic mass is 10.1. The van der Waals surface area contributed by atoms with Crippen molar-refractivity contribution in [1.82, 2.24) is 0 Å². The number of hydrogen-bond donors (Lipinski definition) is 2. The molecule has 0 atom stereocenters. The first-order valence-corrected chi connectivity index (χ1v) is 11.2. The zero-order chi connectivity index (χ0) is 22.6. The number of anilines is 2. The van der Waals surface area contributed by atoms with Crippen molar-refractivity contribution in [2.45, 2.75) is 32.1 Å². The third kappa shape index (κ3) is 5.50. The van der Waals surface area contributed by atoms with Crippen molar-refractivity contribution < 1.29 is 13.2 Å². The number of nitriles is 1. The van der Waals surface area contributed by atoms with Crippen molar-refractivity contribution in [3.63, 3.8) is 0 Å². The summed E-state index contributed by atoms with van der Waals surface area (Å²) in [5.74, 6) is -0.420. The summed E-state index contributed by atoms with van der Waals surface area (Å²) in [5, 5.41) is 11.5. The molecule has 0 fully saturated rings. The molecule has 0 aliphatic carbocycles. The van der Waals surface area contributed by atoms with Crippen LogP contribution in [0.5, 0.6) is 0 Å². The molecule has 0 saturated heterocycles. The first-order valence-electron chi connectivity index (χ1n) is 9.67. The first kappa shape index (κ1) is 22.1. The van der Waals surface area contributed by atoms with Crippen LogP contribution in [-0.4, -0.2) is 14.3 Å². The van der Waals surface area contributed by atoms with Crippen LogP contribution < -0.4 is 10.0 Å². The van der Waals surface area contributed by atoms with E-state index in [0.29, 0.717) is 23.4 Å². The molecule has 3 aromatic carbocycles. The molecule has 158 valence electrons. The number of carbonyl (C=O) groups is 1. The Balaban J connectivity index is 1.84. The van der Waals surface area contributed by atoms with Gasteiger partial charge in [0.15, 0.2) is 0 Å². The van der Waals surface area contributed by atoms with E-state index < -0.39 is 15.9 Å². The van der Waals surface area contributed by atoms with Crippen LogP contribution in [0.15, 0.2) is 65.6 Å². The smallest absolute Gasteiger partial charge is 0.262 e. The predicted molar refractivity (Wildman–Crippen MR) is 122 cm³/mol. The molecule has 2 N–H and O–H groups in total. The van der Waals surface area contributed by atoms with Crippen molar-refractivity contribution in [2.75, 3.05) is 10.0 Å². The van der Waals surface area contributed by atoms with Crippen molar-refractivity contribution in [1.29, 1.82) is 5.26 Å². The molecular weight excluding hydrogens is 410 g/mol. The van der Waals surface area contributed by atoms with Gasteiger partial charge in [-0.3, -0.25) is 9.52 Å². The summed E-state index contributed by atoms with van der Waals surface area (Å²) in [6.45, 7) is 5.48. The summed E-state index contributed by atoms with van der Waals surface area (Å²) < 4.78 is 28.6. The SMILES string of the molecule is Cc1cc(C)cc(NS(=O)(=O)c2cc(C(=O)Nc3ccc(CC#N)cc3)ccc2C)c1. The summed E-state index contributed by atoms with van der Waals surface area (Å²) in [5.41, 5.74) is 4.55. The molecule has 0 bridgehead atoms. The van der Waals surface area contributed by atoms with E-state index in [0.717, 1.165) is 16.7 Å². The molecule has 6 nitrogen and oxygen atoms in total. The monoisotopic (exact) mass is 433 g/mol. The van der Waals surface area contributed by atoms with E-state index in [-0.39, 0.29) is 10.5 Å². The van der Waals surface area contributed by atoms with Gasteiger partial charge in [0.25, 0.3) is 15.9 Å². The Labute approximate surface area is 182 Å². The molecule has 0 heterocycles. The molecule has 3 aromatic rings. The lowest BCUT2D eigenvalue weighted by molar-refractivity contribution is 0.102. The van der Waals surface area contributed by atoms with E-state index in [9.17, 15) is 13.2 Å². The Morgan fingerprint density at radius 3 is 2.16 bits per heavy atom. The van der Waals surface area contributed by atoms with Gasteiger partial charge < -0.3 is 5.32 Å². The molecular formula is C24H23N3O3S. The van der Waals surface area contributed by atoms with Gasteiger partial charge in [0.1, 0.15) is 0 Å². The second-order valence-corrected chi connectivity index (χ2v) is 9.10. The fourth-order valence-electron chi connectivity index (χ4n) is 3.28. The number of sulfonamides is 1. The number of amides is 1. The van der Waals surface area contributed by atoms with E-state index in [1.807, 2.05) is 19.9 Å². The standard InChI is InChI=1S/C24H23N3O3S/c1-16-12-17(2)14-22(13-16)27-31(29,30)23-15-20(7-4-18(23)3)24(28)26-21-8-5-19(6-9-21)10-11-25/h4-9,12-15,27H,10H2,1-3H3,(H,26,28). The van der Waals surface area contributed by atoms with Gasteiger partial charge in [-0.25, -0.2) is 8.42 Å². The average molecular weight is 434 g/mol. The van der Waals surface area contributed by atoms with E-state index in [1.165, 1.54) is 6.07 Å². The fourth-order valence-corrected chi connectivity index (χ4v) is 4.59. The van der Waals surface area contributed by atoms with Crippen molar-refractivity contribution >= 4 is 27.3 Å². The van der Waals surface area contributed by atoms with Crippen LogP contribution in [0.3, 0.4) is 0 Å². The molecule has 0 aliphatic rings. The number of nitrogens with one attached hydrogen (secondary N) is 2. The lowest BCUT2D eigenvalue weighted by Gasteiger charge is -2.13. The van der Waals surface area contributed by atoms with Gasteiger partial charge in [-0.05, 0) is 79.4 Å². The second-order valence-electron chi connectivity index (χ2n) is 7.45. The minimum absolute atomic E-state index is 0.0451. The highest BCUT2D eigenvalue weighted by atomic mass is 32.2. The van der Waals surface area contributed by atoms with Crippen LogP contribution in [0.25, 0.3) is 0 Å². The molecule has 31 heavy (non-hydrogen) atoms. The number of carbonyl (C=O) groups excluding carboxylic acids is 1. The van der Waals surface area contributed by atoms with Gasteiger partial charge >= 0.3 is 0 Å². The second kappa shape index (κ2) is 9.02. The van der Waals surface area contributed by atoms with Crippen LogP contribution in [0.4, 0.5) is 11.4 Å². The van der Waals surface area contributed by atoms with Crippen LogP contribution >= 0.6 is 0 Å². The lowest BCUT2D eigenvalue weighted by Crippen LogP contribution is -2.17. The fraction of sp³-hybridized carbons (Fsp3) is 0.167. The Kier molecular flexibility index (Phi) is 6.42. The predicted octanol–water partition coefficient (Wildman–Crippen LogP) is 4.73. The molecule has 0 unspecified atom stereocenters. The molecule has 7 heteroatoms. The van der Waals surface area contributed by atoms with Crippen molar-refractivity contribution in [2.24, 2.45) is 0 Å². The van der Waals surface area contributed by atoms with Gasteiger partial charge in [-0.1, -0.05) is 24.3 Å². The van der Waals surface area contributed by atoms with Gasteiger partial charge in [-0.15, -0.1) is 0 Å². The average Bonchev–Trinajstić information content (AvgIpc) is 2.68. The Morgan fingerprint density at radius 1 is 0.903 bits per heavy atom. The molecule has 0 aromatic heterocycles. The van der Waals surface area contributed by atoms with Crippen molar-refractivity contribution in [3.8, 4) is 6.07 Å². The van der Waals surface area contributed by atoms with Crippen LogP contribution in [0.2, 0.25) is 0 Å². The topological polar surface area (TPSA) is 99.1 Å². The highest BCUT2D eigenvalue weighted by molar-refractivity contribution is 7.92. The maximum Gasteiger partial charge on any atom is 0.262 e. The Hall–Kier alpha value is -3.63. The Morgan fingerprint density at radius 2 is 1.55 bits per heavy atom. The summed E-state index contributed by atoms with van der Waals surface area (Å²) in [6.07, 6.45) is 0.293. The molecule has 1 amide bonds. The van der Waals surface area contributed by atoms with E-state index >= 15 is 0 Å². The van der Waals surface area contributed by atoms with Crippen LogP contribution in [0, 0.1) is 32.1 Å². The zero-order valence-electron chi connectivity index (χ0n) is 17.6. The van der Waals surface area contributed by atoms with Crippen molar-refractivity contribution in [3.05, 3.63) is 88.5 Å². The van der Waals surface area contributed by atoms with Gasteiger partial charge in [0, 0.05) is 16.9 Å². The molecule has 0 aliphatic heterocycles.